The lowest BCUT2D eigenvalue weighted by molar-refractivity contribution is -0.162. The van der Waals surface area contributed by atoms with Crippen LogP contribution in [0.3, 0.4) is 0 Å². The summed E-state index contributed by atoms with van der Waals surface area (Å²) in [6.45, 7) is 1.82. The third kappa shape index (κ3) is 5.87. The maximum absolute atomic E-state index is 12.9. The molecule has 2 amide bonds. The lowest BCUT2D eigenvalue weighted by Crippen LogP contribution is -2.51. The molecule has 0 aliphatic carbocycles. The minimum absolute atomic E-state index is 0.151. The first-order valence-corrected chi connectivity index (χ1v) is 11.3. The predicted octanol–water partition coefficient (Wildman–Crippen LogP) is 2.06. The highest BCUT2D eigenvalue weighted by Gasteiger charge is 2.34. The Balaban J connectivity index is 1.40. The highest BCUT2D eigenvalue weighted by molar-refractivity contribution is 8.15. The SMILES string of the molecule is O=C1NC(=O)C(Cc2ccc(OC(C(=O)OCc3ccccc3)[C@@H]3CNCCO3)cc2)S1. The van der Waals surface area contributed by atoms with E-state index >= 15 is 0 Å². The molecule has 32 heavy (non-hydrogen) atoms. The Bertz CT molecular complexity index is 947. The largest absolute Gasteiger partial charge is 0.476 e. The number of benzene rings is 2. The van der Waals surface area contributed by atoms with Gasteiger partial charge in [0.1, 0.15) is 18.5 Å². The summed E-state index contributed by atoms with van der Waals surface area (Å²) < 4.78 is 17.2. The van der Waals surface area contributed by atoms with Gasteiger partial charge in [-0.15, -0.1) is 0 Å². The van der Waals surface area contributed by atoms with Gasteiger partial charge >= 0.3 is 5.97 Å². The Morgan fingerprint density at radius 2 is 1.88 bits per heavy atom. The van der Waals surface area contributed by atoms with Gasteiger partial charge in [0.15, 0.2) is 0 Å². The minimum Gasteiger partial charge on any atom is -0.476 e. The van der Waals surface area contributed by atoms with Crippen LogP contribution in [0.4, 0.5) is 4.79 Å². The van der Waals surface area contributed by atoms with Crippen molar-refractivity contribution in [1.29, 1.82) is 0 Å². The number of thioether (sulfide) groups is 1. The molecule has 3 atom stereocenters. The topological polar surface area (TPSA) is 103 Å². The molecule has 8 nitrogen and oxygen atoms in total. The number of carbonyl (C=O) groups is 3. The summed E-state index contributed by atoms with van der Waals surface area (Å²) in [5.41, 5.74) is 1.78. The first-order valence-electron chi connectivity index (χ1n) is 10.4. The van der Waals surface area contributed by atoms with Gasteiger partial charge in [-0.25, -0.2) is 4.79 Å². The molecule has 2 saturated heterocycles. The number of esters is 1. The smallest absolute Gasteiger partial charge is 0.350 e. The van der Waals surface area contributed by atoms with Crippen molar-refractivity contribution in [2.24, 2.45) is 0 Å². The summed E-state index contributed by atoms with van der Waals surface area (Å²) >= 11 is 0.994. The molecule has 4 rings (SSSR count). The van der Waals surface area contributed by atoms with Crippen molar-refractivity contribution in [3.63, 3.8) is 0 Å². The van der Waals surface area contributed by atoms with E-state index in [1.54, 1.807) is 12.1 Å². The molecule has 0 saturated carbocycles. The van der Waals surface area contributed by atoms with Crippen molar-refractivity contribution in [3.8, 4) is 5.75 Å². The number of nitrogens with one attached hydrogen (secondary N) is 2. The second-order valence-corrected chi connectivity index (χ2v) is 8.65. The van der Waals surface area contributed by atoms with E-state index in [2.05, 4.69) is 10.6 Å². The van der Waals surface area contributed by atoms with Gasteiger partial charge in [-0.3, -0.25) is 14.9 Å². The first-order chi connectivity index (χ1) is 15.6. The van der Waals surface area contributed by atoms with Gasteiger partial charge < -0.3 is 19.5 Å². The van der Waals surface area contributed by atoms with Crippen molar-refractivity contribution in [1.82, 2.24) is 10.6 Å². The molecule has 0 radical (unpaired) electrons. The molecular weight excluding hydrogens is 432 g/mol. The van der Waals surface area contributed by atoms with Crippen LogP contribution < -0.4 is 15.4 Å². The molecule has 2 aliphatic heterocycles. The summed E-state index contributed by atoms with van der Waals surface area (Å²) in [5, 5.41) is 4.74. The Labute approximate surface area is 190 Å². The van der Waals surface area contributed by atoms with Crippen LogP contribution in [0.15, 0.2) is 54.6 Å². The first kappa shape index (κ1) is 22.3. The van der Waals surface area contributed by atoms with Crippen LogP contribution in [0.5, 0.6) is 5.75 Å². The fourth-order valence-corrected chi connectivity index (χ4v) is 4.32. The third-order valence-electron chi connectivity index (χ3n) is 5.12. The average Bonchev–Trinajstić information content (AvgIpc) is 3.14. The van der Waals surface area contributed by atoms with Gasteiger partial charge in [-0.2, -0.15) is 0 Å². The summed E-state index contributed by atoms with van der Waals surface area (Å²) in [6.07, 6.45) is -0.969. The quantitative estimate of drug-likeness (QED) is 0.582. The fourth-order valence-electron chi connectivity index (χ4n) is 3.46. The minimum atomic E-state index is -0.925. The number of amides is 2. The van der Waals surface area contributed by atoms with Crippen LogP contribution in [0.1, 0.15) is 11.1 Å². The van der Waals surface area contributed by atoms with Crippen LogP contribution in [0.25, 0.3) is 0 Å². The van der Waals surface area contributed by atoms with Gasteiger partial charge in [0.25, 0.3) is 5.24 Å². The standard InChI is InChI=1S/C23H24N2O6S/c26-21-19(32-23(28)25-21)12-15-6-8-17(9-7-15)31-20(18-13-24-10-11-29-18)22(27)30-14-16-4-2-1-3-5-16/h1-9,18-20,24H,10-14H2,(H,25,26,28)/t18-,19?,20?/m0/s1. The monoisotopic (exact) mass is 456 g/mol. The van der Waals surface area contributed by atoms with Crippen LogP contribution in [0, 0.1) is 0 Å². The summed E-state index contributed by atoms with van der Waals surface area (Å²) in [5.74, 6) is -0.281. The van der Waals surface area contributed by atoms with Crippen molar-refractivity contribution >= 4 is 28.9 Å². The van der Waals surface area contributed by atoms with E-state index in [0.717, 1.165) is 22.9 Å². The number of rotatable bonds is 8. The summed E-state index contributed by atoms with van der Waals surface area (Å²) in [6, 6.07) is 16.6. The zero-order valence-corrected chi connectivity index (χ0v) is 18.1. The van der Waals surface area contributed by atoms with Crippen molar-refractivity contribution in [3.05, 3.63) is 65.7 Å². The Morgan fingerprint density at radius 3 is 2.53 bits per heavy atom. The zero-order chi connectivity index (χ0) is 22.3. The van der Waals surface area contributed by atoms with E-state index in [4.69, 9.17) is 14.2 Å². The number of morpholine rings is 1. The number of imide groups is 1. The predicted molar refractivity (Wildman–Crippen MR) is 118 cm³/mol. The highest BCUT2D eigenvalue weighted by Crippen LogP contribution is 2.24. The maximum Gasteiger partial charge on any atom is 0.350 e. The van der Waals surface area contributed by atoms with E-state index in [1.165, 1.54) is 0 Å². The molecule has 2 unspecified atom stereocenters. The number of ether oxygens (including phenoxy) is 3. The number of carbonyl (C=O) groups excluding carboxylic acids is 3. The number of hydrogen-bond donors (Lipinski definition) is 2. The normalized spacial score (nSPS) is 21.6. The van der Waals surface area contributed by atoms with Gasteiger partial charge in [0.05, 0.1) is 11.9 Å². The molecule has 168 valence electrons. The molecule has 0 bridgehead atoms. The van der Waals surface area contributed by atoms with Crippen molar-refractivity contribution in [2.75, 3.05) is 19.7 Å². The van der Waals surface area contributed by atoms with E-state index in [0.29, 0.717) is 31.9 Å². The number of hydrogen-bond acceptors (Lipinski definition) is 8. The van der Waals surface area contributed by atoms with Gasteiger partial charge in [-0.1, -0.05) is 54.2 Å². The van der Waals surface area contributed by atoms with Crippen LogP contribution in [-0.2, 0) is 32.1 Å². The molecule has 0 spiro atoms. The fraction of sp³-hybridized carbons (Fsp3) is 0.348. The molecule has 9 heteroatoms. The van der Waals surface area contributed by atoms with Crippen molar-refractivity contribution < 1.29 is 28.6 Å². The summed E-state index contributed by atoms with van der Waals surface area (Å²) in [4.78, 5) is 36.0. The maximum atomic E-state index is 12.9. The van der Waals surface area contributed by atoms with E-state index in [9.17, 15) is 14.4 Å². The molecule has 2 heterocycles. The van der Waals surface area contributed by atoms with Crippen molar-refractivity contribution in [2.45, 2.75) is 30.5 Å². The second kappa shape index (κ2) is 10.6. The Hall–Kier alpha value is -2.88. The van der Waals surface area contributed by atoms with E-state index in [1.807, 2.05) is 42.5 Å². The average molecular weight is 457 g/mol. The molecular formula is C23H24N2O6S. The second-order valence-electron chi connectivity index (χ2n) is 7.48. The lowest BCUT2D eigenvalue weighted by Gasteiger charge is -2.30. The zero-order valence-electron chi connectivity index (χ0n) is 17.3. The van der Waals surface area contributed by atoms with Crippen LogP contribution in [-0.4, -0.2) is 54.3 Å². The lowest BCUT2D eigenvalue weighted by atomic mass is 10.1. The molecule has 2 fully saturated rings. The van der Waals surface area contributed by atoms with E-state index in [-0.39, 0.29) is 17.8 Å². The Morgan fingerprint density at radius 1 is 1.09 bits per heavy atom. The van der Waals surface area contributed by atoms with E-state index < -0.39 is 23.4 Å². The molecule has 2 aromatic rings. The van der Waals surface area contributed by atoms with Crippen LogP contribution in [0.2, 0.25) is 0 Å². The van der Waals surface area contributed by atoms with Gasteiger partial charge in [-0.05, 0) is 29.7 Å². The molecule has 0 aromatic heterocycles. The Kier molecular flexibility index (Phi) is 7.41. The third-order valence-corrected chi connectivity index (χ3v) is 6.11. The molecule has 2 aromatic carbocycles. The highest BCUT2D eigenvalue weighted by atomic mass is 32.2. The molecule has 2 aliphatic rings. The molecule has 2 N–H and O–H groups in total. The summed E-state index contributed by atoms with van der Waals surface area (Å²) in [7, 11) is 0. The van der Waals surface area contributed by atoms with Gasteiger partial charge in [0.2, 0.25) is 12.0 Å². The van der Waals surface area contributed by atoms with Gasteiger partial charge in [0, 0.05) is 13.1 Å². The van der Waals surface area contributed by atoms with Crippen LogP contribution >= 0.6 is 11.8 Å².